The minimum atomic E-state index is -4.66. The van der Waals surface area contributed by atoms with Crippen LogP contribution in [-0.4, -0.2) is 69.4 Å². The summed E-state index contributed by atoms with van der Waals surface area (Å²) in [6.45, 7) is 6.60. The average Bonchev–Trinajstić information content (AvgIpc) is 3.80. The number of alkyl halides is 3. The van der Waals surface area contributed by atoms with Crippen LogP contribution in [-0.2, 0) is 24.1 Å². The number of halogens is 3. The Balaban J connectivity index is 1.19. The third-order valence-electron chi connectivity index (χ3n) is 11.1. The van der Waals surface area contributed by atoms with E-state index in [9.17, 15) is 33.0 Å². The van der Waals surface area contributed by atoms with Crippen LogP contribution in [0.1, 0.15) is 58.2 Å². The third-order valence-corrected chi connectivity index (χ3v) is 11.1. The standard InChI is InChI=1S/C44H44F3N3O5/c1-27-30(13-14-32-23-41(55-3)33(22-38(32)44(45,46)47)25-49-18-6-11-40(49)43(53)54)7-4-8-35(27)36-9-5-10-39(28(36)2)50-20-16-31-21-29(12-15-37(31)42(50)52)24-48-19-17-34(51)26-48/h4-5,7-10,12-16,20-23,34,40,51H,6,11,17-19,24-26H2,1-3H3,(H,53,54)/b14-13+/t34-,40+/m1/s1. The zero-order valence-electron chi connectivity index (χ0n) is 31.1. The molecule has 0 radical (unpaired) electrons. The lowest BCUT2D eigenvalue weighted by atomic mass is 9.92. The van der Waals surface area contributed by atoms with Crippen molar-refractivity contribution in [2.75, 3.05) is 26.7 Å². The number of carboxylic acids is 1. The normalized spacial score (nSPS) is 18.2. The van der Waals surface area contributed by atoms with E-state index >= 15 is 0 Å². The highest BCUT2D eigenvalue weighted by molar-refractivity contribution is 5.84. The monoisotopic (exact) mass is 751 g/mol. The van der Waals surface area contributed by atoms with Crippen molar-refractivity contribution in [3.8, 4) is 22.6 Å². The van der Waals surface area contributed by atoms with E-state index in [0.717, 1.165) is 63.5 Å². The van der Waals surface area contributed by atoms with E-state index in [2.05, 4.69) is 4.90 Å². The van der Waals surface area contributed by atoms with Crippen LogP contribution < -0.4 is 10.3 Å². The maximum Gasteiger partial charge on any atom is 0.417 e. The fraction of sp³-hybridized carbons (Fsp3) is 0.318. The number of carbonyl (C=O) groups is 1. The largest absolute Gasteiger partial charge is 0.496 e. The summed E-state index contributed by atoms with van der Waals surface area (Å²) in [5, 5.41) is 21.0. The number of aliphatic hydroxyl groups excluding tert-OH is 1. The maximum absolute atomic E-state index is 14.5. The summed E-state index contributed by atoms with van der Waals surface area (Å²) in [6.07, 6.45) is 1.81. The molecule has 0 saturated carbocycles. The predicted octanol–water partition coefficient (Wildman–Crippen LogP) is 8.09. The van der Waals surface area contributed by atoms with Crippen molar-refractivity contribution in [3.63, 3.8) is 0 Å². The van der Waals surface area contributed by atoms with E-state index in [-0.39, 0.29) is 35.1 Å². The average molecular weight is 752 g/mol. The number of carboxylic acid groups (broad SMARTS) is 1. The highest BCUT2D eigenvalue weighted by Gasteiger charge is 2.36. The molecule has 3 heterocycles. The van der Waals surface area contributed by atoms with Crippen LogP contribution in [0, 0.1) is 13.8 Å². The first-order chi connectivity index (χ1) is 26.3. The lowest BCUT2D eigenvalue weighted by Gasteiger charge is -2.23. The first-order valence-electron chi connectivity index (χ1n) is 18.5. The molecule has 5 aromatic rings. The minimum absolute atomic E-state index is 0.0321. The van der Waals surface area contributed by atoms with Gasteiger partial charge in [0.2, 0.25) is 0 Å². The van der Waals surface area contributed by atoms with Gasteiger partial charge < -0.3 is 14.9 Å². The van der Waals surface area contributed by atoms with Crippen molar-refractivity contribution >= 4 is 28.9 Å². The van der Waals surface area contributed by atoms with E-state index in [0.29, 0.717) is 37.9 Å². The predicted molar refractivity (Wildman–Crippen MR) is 208 cm³/mol. The van der Waals surface area contributed by atoms with Gasteiger partial charge in [0.15, 0.2) is 0 Å². The molecule has 7 rings (SSSR count). The second-order valence-corrected chi connectivity index (χ2v) is 14.6. The van der Waals surface area contributed by atoms with E-state index in [4.69, 9.17) is 4.74 Å². The van der Waals surface area contributed by atoms with Gasteiger partial charge in [-0.2, -0.15) is 13.2 Å². The summed E-state index contributed by atoms with van der Waals surface area (Å²) in [5.41, 5.74) is 5.29. The summed E-state index contributed by atoms with van der Waals surface area (Å²) in [5.74, 6) is -0.728. The van der Waals surface area contributed by atoms with E-state index in [1.54, 1.807) is 21.7 Å². The molecule has 8 nitrogen and oxygen atoms in total. The lowest BCUT2D eigenvalue weighted by molar-refractivity contribution is -0.142. The first kappa shape index (κ1) is 38.1. The number of benzene rings is 4. The van der Waals surface area contributed by atoms with E-state index in [1.807, 2.05) is 74.5 Å². The quantitative estimate of drug-likeness (QED) is 0.139. The molecule has 0 bridgehead atoms. The van der Waals surface area contributed by atoms with Crippen molar-refractivity contribution in [1.82, 2.24) is 14.4 Å². The topological polar surface area (TPSA) is 95.2 Å². The second kappa shape index (κ2) is 15.5. The Bertz CT molecular complexity index is 2350. The van der Waals surface area contributed by atoms with Gasteiger partial charge in [-0.25, -0.2) is 0 Å². The molecule has 4 aromatic carbocycles. The number of methoxy groups -OCH3 is 1. The molecule has 2 saturated heterocycles. The SMILES string of the molecule is COc1cc(/C=C/c2cccc(-c3cccc(-n4ccc5cc(CN6CC[C@@H](O)C6)ccc5c4=O)c3C)c2C)c(C(F)(F)F)cc1CN1CCC[C@H]1C(=O)O. The Morgan fingerprint density at radius 1 is 0.909 bits per heavy atom. The van der Waals surface area contributed by atoms with E-state index in [1.165, 1.54) is 19.3 Å². The molecule has 2 aliphatic rings. The molecule has 0 aliphatic carbocycles. The van der Waals surface area contributed by atoms with Gasteiger partial charge in [0.05, 0.1) is 24.5 Å². The van der Waals surface area contributed by atoms with Crippen molar-refractivity contribution in [1.29, 1.82) is 0 Å². The molecule has 286 valence electrons. The van der Waals surface area contributed by atoms with Gasteiger partial charge in [-0.3, -0.25) is 24.0 Å². The fourth-order valence-corrected chi connectivity index (χ4v) is 8.13. The molecule has 2 N–H and O–H groups in total. The Kier molecular flexibility index (Phi) is 10.7. The number of aliphatic carboxylic acids is 1. The van der Waals surface area contributed by atoms with Gasteiger partial charge in [-0.15, -0.1) is 0 Å². The number of pyridine rings is 1. The highest BCUT2D eigenvalue weighted by atomic mass is 19.4. The first-order valence-corrected chi connectivity index (χ1v) is 18.5. The number of aromatic nitrogens is 1. The minimum Gasteiger partial charge on any atom is -0.496 e. The van der Waals surface area contributed by atoms with Crippen LogP contribution in [0.15, 0.2) is 83.8 Å². The van der Waals surface area contributed by atoms with Crippen LogP contribution in [0.2, 0.25) is 0 Å². The number of aliphatic hydroxyl groups is 1. The van der Waals surface area contributed by atoms with Gasteiger partial charge in [0.1, 0.15) is 11.8 Å². The summed E-state index contributed by atoms with van der Waals surface area (Å²) < 4.78 is 50.7. The zero-order chi connectivity index (χ0) is 39.0. The number of rotatable bonds is 10. The van der Waals surface area contributed by atoms with Gasteiger partial charge in [-0.1, -0.05) is 48.6 Å². The number of hydrogen-bond acceptors (Lipinski definition) is 6. The number of fused-ring (bicyclic) bond motifs is 1. The zero-order valence-corrected chi connectivity index (χ0v) is 31.1. The van der Waals surface area contributed by atoms with Crippen LogP contribution in [0.4, 0.5) is 13.2 Å². The number of β-amino-alcohol motifs (C(OH)–C–C–N with tert-alkyl or cyclic N) is 1. The Morgan fingerprint density at radius 3 is 2.36 bits per heavy atom. The van der Waals surface area contributed by atoms with Crippen molar-refractivity contribution in [2.45, 2.75) is 64.5 Å². The molecular weight excluding hydrogens is 707 g/mol. The van der Waals surface area contributed by atoms with E-state index < -0.39 is 23.8 Å². The van der Waals surface area contributed by atoms with Crippen molar-refractivity contribution < 1.29 is 32.9 Å². The Labute approximate surface area is 317 Å². The van der Waals surface area contributed by atoms with Gasteiger partial charge in [0.25, 0.3) is 5.56 Å². The molecule has 55 heavy (non-hydrogen) atoms. The molecule has 2 atom stereocenters. The molecule has 0 amide bonds. The van der Waals surface area contributed by atoms with Crippen molar-refractivity contribution in [2.24, 2.45) is 0 Å². The molecule has 0 spiro atoms. The summed E-state index contributed by atoms with van der Waals surface area (Å²) in [6, 6.07) is 20.9. The molecule has 11 heteroatoms. The Morgan fingerprint density at radius 2 is 1.65 bits per heavy atom. The number of ether oxygens (including phenoxy) is 1. The smallest absolute Gasteiger partial charge is 0.417 e. The van der Waals surface area contributed by atoms with Crippen LogP contribution in [0.3, 0.4) is 0 Å². The third kappa shape index (κ3) is 7.82. The number of hydrogen-bond donors (Lipinski definition) is 2. The van der Waals surface area contributed by atoms with Crippen LogP contribution in [0.25, 0.3) is 39.7 Å². The van der Waals surface area contributed by atoms with Crippen LogP contribution in [0.5, 0.6) is 5.75 Å². The second-order valence-electron chi connectivity index (χ2n) is 14.6. The molecule has 2 aliphatic heterocycles. The van der Waals surface area contributed by atoms with Crippen molar-refractivity contribution in [3.05, 3.63) is 128 Å². The molecule has 2 fully saturated rings. The summed E-state index contributed by atoms with van der Waals surface area (Å²) >= 11 is 0. The summed E-state index contributed by atoms with van der Waals surface area (Å²) in [7, 11) is 1.40. The van der Waals surface area contributed by atoms with Gasteiger partial charge >= 0.3 is 12.1 Å². The highest BCUT2D eigenvalue weighted by Crippen LogP contribution is 2.39. The van der Waals surface area contributed by atoms with Crippen LogP contribution >= 0.6 is 0 Å². The fourth-order valence-electron chi connectivity index (χ4n) is 8.13. The summed E-state index contributed by atoms with van der Waals surface area (Å²) in [4.78, 5) is 29.5. The number of nitrogens with zero attached hydrogens (tertiary/aromatic N) is 3. The van der Waals surface area contributed by atoms with Gasteiger partial charge in [0, 0.05) is 43.3 Å². The Hall–Kier alpha value is -5.23. The van der Waals surface area contributed by atoms with Gasteiger partial charge in [-0.05, 0) is 120 Å². The molecular formula is C44H44F3N3O5. The number of likely N-dealkylation sites (tertiary alicyclic amines) is 2. The molecule has 1 aromatic heterocycles. The maximum atomic E-state index is 14.5. The lowest BCUT2D eigenvalue weighted by Crippen LogP contribution is -2.35. The molecule has 0 unspecified atom stereocenters.